The van der Waals surface area contributed by atoms with Crippen molar-refractivity contribution in [3.05, 3.63) is 40.7 Å². The van der Waals surface area contributed by atoms with Crippen molar-refractivity contribution >= 4 is 23.2 Å². The molecule has 0 bridgehead atoms. The summed E-state index contributed by atoms with van der Waals surface area (Å²) < 4.78 is 0. The number of nitrogens with zero attached hydrogens (tertiary/aromatic N) is 1. The third-order valence-corrected chi connectivity index (χ3v) is 3.92. The number of amides is 1. The second kappa shape index (κ2) is 7.17. The van der Waals surface area contributed by atoms with E-state index in [2.05, 4.69) is 10.3 Å². The van der Waals surface area contributed by atoms with Crippen LogP contribution in [0.5, 0.6) is 0 Å². The molecular weight excluding hydrogens is 300 g/mol. The molecule has 1 amide bonds. The van der Waals surface area contributed by atoms with Gasteiger partial charge in [0.2, 0.25) is 0 Å². The number of hydrogen-bond donors (Lipinski definition) is 2. The highest BCUT2D eigenvalue weighted by atomic mass is 32.1. The Hall–Kier alpha value is -2.21. The van der Waals surface area contributed by atoms with Crippen LogP contribution in [-0.2, 0) is 4.79 Å². The zero-order valence-electron chi connectivity index (χ0n) is 12.4. The number of hydrogen-bond acceptors (Lipinski definition) is 4. The average Bonchev–Trinajstić information content (AvgIpc) is 2.96. The molecule has 0 radical (unpaired) electrons. The van der Waals surface area contributed by atoms with Gasteiger partial charge in [-0.3, -0.25) is 4.79 Å². The van der Waals surface area contributed by atoms with Gasteiger partial charge in [-0.25, -0.2) is 9.78 Å². The van der Waals surface area contributed by atoms with Gasteiger partial charge in [-0.2, -0.15) is 0 Å². The molecule has 0 aliphatic carbocycles. The van der Waals surface area contributed by atoms with Crippen LogP contribution < -0.4 is 5.32 Å². The first kappa shape index (κ1) is 16.2. The van der Waals surface area contributed by atoms with Gasteiger partial charge in [0.15, 0.2) is 5.01 Å². The number of nitrogens with one attached hydrogen (secondary N) is 1. The minimum absolute atomic E-state index is 0.178. The summed E-state index contributed by atoms with van der Waals surface area (Å²) in [6, 6.07) is 8.64. The van der Waals surface area contributed by atoms with Crippen molar-refractivity contribution in [2.75, 3.05) is 0 Å². The van der Waals surface area contributed by atoms with Gasteiger partial charge in [-0.1, -0.05) is 44.2 Å². The van der Waals surface area contributed by atoms with Crippen molar-refractivity contribution < 1.29 is 14.7 Å². The first-order valence-electron chi connectivity index (χ1n) is 7.02. The number of carbonyl (C=O) groups excluding carboxylic acids is 1. The van der Waals surface area contributed by atoms with Gasteiger partial charge >= 0.3 is 5.97 Å². The van der Waals surface area contributed by atoms with Crippen molar-refractivity contribution in [1.82, 2.24) is 10.3 Å². The molecule has 0 fully saturated rings. The van der Waals surface area contributed by atoms with Crippen LogP contribution in [0, 0.1) is 5.92 Å². The fraction of sp³-hybridized carbons (Fsp3) is 0.312. The Labute approximate surface area is 133 Å². The molecule has 1 aromatic carbocycles. The highest BCUT2D eigenvalue weighted by Crippen LogP contribution is 2.21. The predicted molar refractivity (Wildman–Crippen MR) is 85.9 cm³/mol. The van der Waals surface area contributed by atoms with Crippen LogP contribution in [0.4, 0.5) is 0 Å². The van der Waals surface area contributed by atoms with Crippen LogP contribution in [0.2, 0.25) is 0 Å². The molecule has 0 spiro atoms. The summed E-state index contributed by atoms with van der Waals surface area (Å²) in [7, 11) is 0. The minimum atomic E-state index is -1.03. The van der Waals surface area contributed by atoms with Gasteiger partial charge in [0.1, 0.15) is 6.04 Å². The van der Waals surface area contributed by atoms with Gasteiger partial charge in [0, 0.05) is 10.9 Å². The van der Waals surface area contributed by atoms with Crippen LogP contribution in [0.15, 0.2) is 35.7 Å². The largest absolute Gasteiger partial charge is 0.480 e. The Morgan fingerprint density at radius 2 is 1.95 bits per heavy atom. The summed E-state index contributed by atoms with van der Waals surface area (Å²) in [6.45, 7) is 3.83. The third kappa shape index (κ3) is 4.14. The SMILES string of the molecule is CC(C)CC(NC(=O)c1nc(-c2ccccc2)cs1)C(=O)O. The van der Waals surface area contributed by atoms with Crippen molar-refractivity contribution in [2.24, 2.45) is 5.92 Å². The van der Waals surface area contributed by atoms with Crippen LogP contribution >= 0.6 is 11.3 Å². The zero-order valence-corrected chi connectivity index (χ0v) is 13.3. The van der Waals surface area contributed by atoms with Crippen LogP contribution in [0.1, 0.15) is 30.1 Å². The lowest BCUT2D eigenvalue weighted by molar-refractivity contribution is -0.139. The number of benzene rings is 1. The Balaban J connectivity index is 2.10. The topological polar surface area (TPSA) is 79.3 Å². The van der Waals surface area contributed by atoms with Crippen molar-refractivity contribution in [1.29, 1.82) is 0 Å². The molecule has 0 aliphatic rings. The molecule has 1 unspecified atom stereocenters. The second-order valence-electron chi connectivity index (χ2n) is 5.40. The smallest absolute Gasteiger partial charge is 0.326 e. The Morgan fingerprint density at radius 3 is 2.55 bits per heavy atom. The molecule has 2 aromatic rings. The Bertz CT molecular complexity index is 652. The monoisotopic (exact) mass is 318 g/mol. The molecule has 1 aromatic heterocycles. The highest BCUT2D eigenvalue weighted by Gasteiger charge is 2.23. The number of aliphatic carboxylic acids is 1. The molecule has 0 saturated heterocycles. The van der Waals surface area contributed by atoms with Gasteiger partial charge in [0.05, 0.1) is 5.69 Å². The standard InChI is InChI=1S/C16H18N2O3S/c1-10(2)8-12(16(20)21)17-14(19)15-18-13(9-22-15)11-6-4-3-5-7-11/h3-7,9-10,12H,8H2,1-2H3,(H,17,19)(H,20,21). The molecule has 2 N–H and O–H groups in total. The quantitative estimate of drug-likeness (QED) is 0.858. The zero-order chi connectivity index (χ0) is 16.1. The van der Waals surface area contributed by atoms with Crippen LogP contribution in [0.3, 0.4) is 0 Å². The maximum atomic E-state index is 12.2. The molecule has 0 saturated carbocycles. The summed E-state index contributed by atoms with van der Waals surface area (Å²) >= 11 is 1.21. The van der Waals surface area contributed by atoms with E-state index in [1.807, 2.05) is 44.2 Å². The average molecular weight is 318 g/mol. The van der Waals surface area contributed by atoms with Crippen molar-refractivity contribution in [3.63, 3.8) is 0 Å². The Kier molecular flexibility index (Phi) is 5.27. The number of carboxylic acid groups (broad SMARTS) is 1. The first-order valence-corrected chi connectivity index (χ1v) is 7.90. The molecule has 0 aliphatic heterocycles. The van der Waals surface area contributed by atoms with E-state index >= 15 is 0 Å². The van der Waals surface area contributed by atoms with Gasteiger partial charge in [0.25, 0.3) is 5.91 Å². The molecule has 116 valence electrons. The van der Waals surface area contributed by atoms with Crippen LogP contribution in [-0.4, -0.2) is 28.0 Å². The molecule has 1 heterocycles. The fourth-order valence-electron chi connectivity index (χ4n) is 2.03. The van der Waals surface area contributed by atoms with E-state index < -0.39 is 17.9 Å². The minimum Gasteiger partial charge on any atom is -0.480 e. The number of carbonyl (C=O) groups is 2. The normalized spacial score (nSPS) is 12.1. The number of thiazole rings is 1. The maximum Gasteiger partial charge on any atom is 0.326 e. The van der Waals surface area contributed by atoms with Gasteiger partial charge in [-0.05, 0) is 12.3 Å². The lowest BCUT2D eigenvalue weighted by Crippen LogP contribution is -2.41. The number of carboxylic acids is 1. The lowest BCUT2D eigenvalue weighted by Gasteiger charge is -2.15. The van der Waals surface area contributed by atoms with Crippen molar-refractivity contribution in [3.8, 4) is 11.3 Å². The molecule has 5 nitrogen and oxygen atoms in total. The molecular formula is C16H18N2O3S. The maximum absolute atomic E-state index is 12.2. The predicted octanol–water partition coefficient (Wildman–Crippen LogP) is 3.04. The van der Waals surface area contributed by atoms with Gasteiger partial charge in [-0.15, -0.1) is 11.3 Å². The third-order valence-electron chi connectivity index (χ3n) is 3.08. The van der Waals surface area contributed by atoms with E-state index in [1.54, 1.807) is 5.38 Å². The van der Waals surface area contributed by atoms with E-state index in [-0.39, 0.29) is 10.9 Å². The molecule has 2 rings (SSSR count). The lowest BCUT2D eigenvalue weighted by atomic mass is 10.0. The number of aromatic nitrogens is 1. The second-order valence-corrected chi connectivity index (χ2v) is 6.26. The van der Waals surface area contributed by atoms with E-state index in [0.717, 1.165) is 5.56 Å². The van der Waals surface area contributed by atoms with Crippen LogP contribution in [0.25, 0.3) is 11.3 Å². The van der Waals surface area contributed by atoms with Gasteiger partial charge < -0.3 is 10.4 Å². The molecule has 6 heteroatoms. The summed E-state index contributed by atoms with van der Waals surface area (Å²) in [6.07, 6.45) is 0.387. The number of rotatable bonds is 6. The summed E-state index contributed by atoms with van der Waals surface area (Å²) in [4.78, 5) is 27.6. The summed E-state index contributed by atoms with van der Waals surface area (Å²) in [5.41, 5.74) is 1.64. The van der Waals surface area contributed by atoms with E-state index in [0.29, 0.717) is 12.1 Å². The Morgan fingerprint density at radius 1 is 1.27 bits per heavy atom. The van der Waals surface area contributed by atoms with E-state index in [4.69, 9.17) is 5.11 Å². The highest BCUT2D eigenvalue weighted by molar-refractivity contribution is 7.12. The van der Waals surface area contributed by atoms with E-state index in [1.165, 1.54) is 11.3 Å². The first-order chi connectivity index (χ1) is 10.5. The van der Waals surface area contributed by atoms with E-state index in [9.17, 15) is 9.59 Å². The fourth-order valence-corrected chi connectivity index (χ4v) is 2.76. The summed E-state index contributed by atoms with van der Waals surface area (Å²) in [5, 5.41) is 13.8. The molecule has 22 heavy (non-hydrogen) atoms. The summed E-state index contributed by atoms with van der Waals surface area (Å²) in [5.74, 6) is -1.29. The molecule has 1 atom stereocenters. The van der Waals surface area contributed by atoms with Crippen molar-refractivity contribution in [2.45, 2.75) is 26.3 Å².